The van der Waals surface area contributed by atoms with Gasteiger partial charge in [-0.25, -0.2) is 0 Å². The second-order valence-electron chi connectivity index (χ2n) is 3.86. The van der Waals surface area contributed by atoms with Gasteiger partial charge >= 0.3 is 0 Å². The minimum atomic E-state index is -0.648. The second-order valence-corrected chi connectivity index (χ2v) is 3.86. The summed E-state index contributed by atoms with van der Waals surface area (Å²) in [4.78, 5) is 0. The maximum atomic E-state index is 9.16. The Kier molecular flexibility index (Phi) is 4.75. The number of hydrogen-bond acceptors (Lipinski definition) is 3. The van der Waals surface area contributed by atoms with Gasteiger partial charge in [0.25, 0.3) is 0 Å². The first kappa shape index (κ1) is 12.2. The Morgan fingerprint density at radius 1 is 1.20 bits per heavy atom. The minimum Gasteiger partial charge on any atom is -0.396 e. The van der Waals surface area contributed by atoms with Crippen molar-refractivity contribution >= 4 is 0 Å². The van der Waals surface area contributed by atoms with E-state index < -0.39 is 5.60 Å². The number of aliphatic hydroxyl groups is 2. The van der Waals surface area contributed by atoms with Crippen LogP contribution in [0.1, 0.15) is 18.9 Å². The van der Waals surface area contributed by atoms with Crippen LogP contribution in [-0.4, -0.2) is 29.0 Å². The van der Waals surface area contributed by atoms with Gasteiger partial charge in [0, 0.05) is 13.0 Å². The van der Waals surface area contributed by atoms with Crippen LogP contribution in [0, 0.1) is 0 Å². The molecule has 0 aliphatic carbocycles. The van der Waals surface area contributed by atoms with Crippen LogP contribution in [0.5, 0.6) is 0 Å². The van der Waals surface area contributed by atoms with E-state index in [1.807, 2.05) is 30.3 Å². The van der Waals surface area contributed by atoms with Crippen LogP contribution < -0.4 is 0 Å². The fourth-order valence-electron chi connectivity index (χ4n) is 1.27. The van der Waals surface area contributed by atoms with E-state index in [1.165, 1.54) is 0 Å². The molecule has 0 heterocycles. The summed E-state index contributed by atoms with van der Waals surface area (Å²) in [6.07, 6.45) is 0.441. The highest BCUT2D eigenvalue weighted by Gasteiger charge is 2.23. The summed E-state index contributed by atoms with van der Waals surface area (Å²) in [7, 11) is 0. The number of benzene rings is 1. The molecule has 84 valence electrons. The molecule has 0 aliphatic rings. The molecule has 2 N–H and O–H groups in total. The van der Waals surface area contributed by atoms with Crippen molar-refractivity contribution in [2.45, 2.75) is 25.6 Å². The fraction of sp³-hybridized carbons (Fsp3) is 0.500. The van der Waals surface area contributed by atoms with Crippen LogP contribution in [0.3, 0.4) is 0 Å². The summed E-state index contributed by atoms with van der Waals surface area (Å²) in [5.74, 6) is 0. The Bertz CT molecular complexity index is 273. The number of hydrogen-bond donors (Lipinski definition) is 2. The van der Waals surface area contributed by atoms with E-state index in [4.69, 9.17) is 14.9 Å². The average Bonchev–Trinajstić information content (AvgIpc) is 2.28. The third kappa shape index (κ3) is 4.00. The lowest BCUT2D eigenvalue weighted by molar-refractivity contribution is -0.0879. The van der Waals surface area contributed by atoms with E-state index in [2.05, 4.69) is 0 Å². The van der Waals surface area contributed by atoms with Gasteiger partial charge < -0.3 is 14.9 Å². The molecule has 1 aromatic rings. The predicted molar refractivity (Wildman–Crippen MR) is 58.4 cm³/mol. The van der Waals surface area contributed by atoms with Crippen molar-refractivity contribution in [3.63, 3.8) is 0 Å². The van der Waals surface area contributed by atoms with E-state index in [0.29, 0.717) is 13.0 Å². The maximum Gasteiger partial charge on any atom is 0.0910 e. The van der Waals surface area contributed by atoms with Gasteiger partial charge in [0.2, 0.25) is 0 Å². The third-order valence-electron chi connectivity index (χ3n) is 2.41. The van der Waals surface area contributed by atoms with Crippen molar-refractivity contribution in [2.75, 3.05) is 13.2 Å². The molecule has 15 heavy (non-hydrogen) atoms. The fourth-order valence-corrected chi connectivity index (χ4v) is 1.27. The molecule has 0 aromatic heterocycles. The lowest BCUT2D eigenvalue weighted by Gasteiger charge is -2.27. The van der Waals surface area contributed by atoms with Gasteiger partial charge in [0.15, 0.2) is 0 Å². The lowest BCUT2D eigenvalue weighted by atomic mass is 10.0. The molecular weight excluding hydrogens is 192 g/mol. The van der Waals surface area contributed by atoms with Crippen LogP contribution >= 0.6 is 0 Å². The zero-order chi connectivity index (χ0) is 11.1. The summed E-state index contributed by atoms with van der Waals surface area (Å²) in [6.45, 7) is 2.19. The van der Waals surface area contributed by atoms with Gasteiger partial charge in [0.1, 0.15) is 0 Å². The molecule has 1 aromatic carbocycles. The van der Waals surface area contributed by atoms with Crippen molar-refractivity contribution in [1.82, 2.24) is 0 Å². The highest BCUT2D eigenvalue weighted by Crippen LogP contribution is 2.16. The molecule has 0 bridgehead atoms. The smallest absolute Gasteiger partial charge is 0.0910 e. The van der Waals surface area contributed by atoms with Crippen LogP contribution in [0.25, 0.3) is 0 Å². The van der Waals surface area contributed by atoms with Crippen LogP contribution in [0.2, 0.25) is 0 Å². The SMILES string of the molecule is C[C@@](CO)(CCO)OCc1ccccc1. The zero-order valence-corrected chi connectivity index (χ0v) is 9.02. The van der Waals surface area contributed by atoms with Crippen LogP contribution in [0.4, 0.5) is 0 Å². The van der Waals surface area contributed by atoms with Gasteiger partial charge in [0.05, 0.1) is 18.8 Å². The minimum absolute atomic E-state index is 0.0197. The van der Waals surface area contributed by atoms with E-state index in [0.717, 1.165) is 5.56 Å². The molecule has 0 spiro atoms. The Labute approximate surface area is 90.3 Å². The Morgan fingerprint density at radius 3 is 2.40 bits per heavy atom. The quantitative estimate of drug-likeness (QED) is 0.745. The Balaban J connectivity index is 2.47. The maximum absolute atomic E-state index is 9.16. The normalized spacial score (nSPS) is 14.9. The van der Waals surface area contributed by atoms with E-state index in [1.54, 1.807) is 6.92 Å². The first-order valence-electron chi connectivity index (χ1n) is 5.10. The summed E-state index contributed by atoms with van der Waals surface area (Å²) in [5, 5.41) is 18.0. The molecule has 3 heteroatoms. The molecule has 1 atom stereocenters. The van der Waals surface area contributed by atoms with Crippen molar-refractivity contribution in [1.29, 1.82) is 0 Å². The molecule has 0 saturated carbocycles. The number of ether oxygens (including phenoxy) is 1. The van der Waals surface area contributed by atoms with Gasteiger partial charge in [-0.3, -0.25) is 0 Å². The van der Waals surface area contributed by atoms with Gasteiger partial charge in [-0.05, 0) is 12.5 Å². The molecule has 3 nitrogen and oxygen atoms in total. The van der Waals surface area contributed by atoms with Gasteiger partial charge in [-0.15, -0.1) is 0 Å². The van der Waals surface area contributed by atoms with Gasteiger partial charge in [-0.2, -0.15) is 0 Å². The topological polar surface area (TPSA) is 49.7 Å². The molecule has 0 radical (unpaired) electrons. The van der Waals surface area contributed by atoms with E-state index in [9.17, 15) is 0 Å². The number of aliphatic hydroxyl groups excluding tert-OH is 2. The van der Waals surface area contributed by atoms with Gasteiger partial charge in [-0.1, -0.05) is 30.3 Å². The standard InChI is InChI=1S/C12H18O3/c1-12(10-14,7-8-13)15-9-11-5-3-2-4-6-11/h2-6,13-14H,7-10H2,1H3/t12-/m0/s1. The average molecular weight is 210 g/mol. The molecule has 0 amide bonds. The van der Waals surface area contributed by atoms with Crippen LogP contribution in [0.15, 0.2) is 30.3 Å². The summed E-state index contributed by atoms with van der Waals surface area (Å²) in [5.41, 5.74) is 0.417. The summed E-state index contributed by atoms with van der Waals surface area (Å²) < 4.78 is 5.60. The highest BCUT2D eigenvalue weighted by molar-refractivity contribution is 5.13. The summed E-state index contributed by atoms with van der Waals surface area (Å²) >= 11 is 0. The molecule has 0 unspecified atom stereocenters. The van der Waals surface area contributed by atoms with Crippen molar-refractivity contribution in [2.24, 2.45) is 0 Å². The third-order valence-corrected chi connectivity index (χ3v) is 2.41. The Hall–Kier alpha value is -0.900. The second kappa shape index (κ2) is 5.85. The molecule has 1 rings (SSSR count). The lowest BCUT2D eigenvalue weighted by Crippen LogP contribution is -2.34. The predicted octanol–water partition coefficient (Wildman–Crippen LogP) is 1.34. The zero-order valence-electron chi connectivity index (χ0n) is 9.02. The molecular formula is C12H18O3. The van der Waals surface area contributed by atoms with E-state index in [-0.39, 0.29) is 13.2 Å². The molecule has 0 saturated heterocycles. The monoisotopic (exact) mass is 210 g/mol. The van der Waals surface area contributed by atoms with Crippen molar-refractivity contribution in [3.05, 3.63) is 35.9 Å². The first-order valence-corrected chi connectivity index (χ1v) is 5.10. The first-order chi connectivity index (χ1) is 7.20. The van der Waals surface area contributed by atoms with Crippen molar-refractivity contribution in [3.8, 4) is 0 Å². The highest BCUT2D eigenvalue weighted by atomic mass is 16.5. The van der Waals surface area contributed by atoms with Crippen LogP contribution in [-0.2, 0) is 11.3 Å². The largest absolute Gasteiger partial charge is 0.396 e. The molecule has 0 aliphatic heterocycles. The number of rotatable bonds is 6. The van der Waals surface area contributed by atoms with E-state index >= 15 is 0 Å². The molecule has 0 fully saturated rings. The van der Waals surface area contributed by atoms with Crippen molar-refractivity contribution < 1.29 is 14.9 Å². The Morgan fingerprint density at radius 2 is 1.87 bits per heavy atom. The summed E-state index contributed by atoms with van der Waals surface area (Å²) in [6, 6.07) is 9.78.